The number of methoxy groups -OCH3 is 1. The molecule has 1 rings (SSSR count). The van der Waals surface area contributed by atoms with Crippen LogP contribution in [0.25, 0.3) is 0 Å². The van der Waals surface area contributed by atoms with Crippen LogP contribution in [0.3, 0.4) is 0 Å². The van der Waals surface area contributed by atoms with Gasteiger partial charge in [0.25, 0.3) is 0 Å². The van der Waals surface area contributed by atoms with Crippen molar-refractivity contribution in [3.63, 3.8) is 0 Å². The summed E-state index contributed by atoms with van der Waals surface area (Å²) in [6.07, 6.45) is 1.48. The Bertz CT molecular complexity index is 390. The molecule has 0 radical (unpaired) electrons. The summed E-state index contributed by atoms with van der Waals surface area (Å²) < 4.78 is 5.35. The van der Waals surface area contributed by atoms with E-state index in [1.54, 1.807) is 21.0 Å². The highest BCUT2D eigenvalue weighted by Gasteiger charge is 2.21. The largest absolute Gasteiger partial charge is 0.490 e. The highest BCUT2D eigenvalue weighted by molar-refractivity contribution is 5.64. The predicted molar refractivity (Wildman–Crippen MR) is 72.3 cm³/mol. The normalized spacial score (nSPS) is 11.2. The molecule has 18 heavy (non-hydrogen) atoms. The van der Waals surface area contributed by atoms with Gasteiger partial charge in [0.2, 0.25) is 5.75 Å². The number of likely N-dealkylation sites (N-methyl/N-ethyl adjacent to an activating group) is 1. The fourth-order valence-corrected chi connectivity index (χ4v) is 1.77. The Hall–Kier alpha value is -1.56. The van der Waals surface area contributed by atoms with Crippen LogP contribution < -0.4 is 15.0 Å². The van der Waals surface area contributed by atoms with Crippen molar-refractivity contribution < 1.29 is 9.84 Å². The van der Waals surface area contributed by atoms with Gasteiger partial charge in [-0.05, 0) is 20.8 Å². The Morgan fingerprint density at radius 3 is 2.61 bits per heavy atom. The molecular weight excluding hydrogens is 232 g/mol. The maximum atomic E-state index is 9.84. The van der Waals surface area contributed by atoms with E-state index in [1.165, 1.54) is 6.33 Å². The van der Waals surface area contributed by atoms with Gasteiger partial charge in [-0.3, -0.25) is 0 Å². The second kappa shape index (κ2) is 5.86. The Balaban J connectivity index is 3.04. The van der Waals surface area contributed by atoms with Gasteiger partial charge in [-0.25, -0.2) is 9.97 Å². The Morgan fingerprint density at radius 1 is 1.44 bits per heavy atom. The summed E-state index contributed by atoms with van der Waals surface area (Å²) in [6.45, 7) is 6.69. The minimum atomic E-state index is -0.803. The second-order valence-corrected chi connectivity index (χ2v) is 4.78. The van der Waals surface area contributed by atoms with Crippen LogP contribution in [0.4, 0.5) is 11.6 Å². The molecule has 0 unspecified atom stereocenters. The maximum Gasteiger partial charge on any atom is 0.204 e. The van der Waals surface area contributed by atoms with Gasteiger partial charge in [0.15, 0.2) is 11.6 Å². The molecular formula is C12H22N4O2. The highest BCUT2D eigenvalue weighted by atomic mass is 16.5. The van der Waals surface area contributed by atoms with Crippen molar-refractivity contribution in [1.82, 2.24) is 9.97 Å². The Kier molecular flexibility index (Phi) is 4.72. The van der Waals surface area contributed by atoms with Gasteiger partial charge in [0.1, 0.15) is 6.33 Å². The zero-order valence-corrected chi connectivity index (χ0v) is 11.7. The molecule has 102 valence electrons. The molecule has 0 aliphatic carbocycles. The van der Waals surface area contributed by atoms with Crippen LogP contribution in [0.2, 0.25) is 0 Å². The molecule has 0 bridgehead atoms. The average molecular weight is 254 g/mol. The molecule has 0 saturated carbocycles. The number of anilines is 2. The third-order valence-corrected chi connectivity index (χ3v) is 2.32. The smallest absolute Gasteiger partial charge is 0.204 e. The first-order valence-corrected chi connectivity index (χ1v) is 5.95. The van der Waals surface area contributed by atoms with E-state index in [9.17, 15) is 5.11 Å². The molecule has 1 aromatic heterocycles. The lowest BCUT2D eigenvalue weighted by atomic mass is 10.1. The molecule has 6 heteroatoms. The summed E-state index contributed by atoms with van der Waals surface area (Å²) in [7, 11) is 3.44. The van der Waals surface area contributed by atoms with E-state index in [4.69, 9.17) is 4.74 Å². The van der Waals surface area contributed by atoms with Crippen LogP contribution in [0.5, 0.6) is 5.75 Å². The molecule has 0 aliphatic rings. The summed E-state index contributed by atoms with van der Waals surface area (Å²) in [5.74, 6) is 1.91. The van der Waals surface area contributed by atoms with Gasteiger partial charge < -0.3 is 20.1 Å². The standard InChI is InChI=1S/C12H22N4O2/c1-6-13-10-9(18-5)11(15-8-14-10)16(4)7-12(2,3)17/h8,17H,6-7H2,1-5H3,(H,13,14,15). The molecule has 0 atom stereocenters. The first-order valence-electron chi connectivity index (χ1n) is 5.95. The van der Waals surface area contributed by atoms with E-state index in [0.717, 1.165) is 6.54 Å². The zero-order chi connectivity index (χ0) is 13.8. The van der Waals surface area contributed by atoms with E-state index in [-0.39, 0.29) is 0 Å². The lowest BCUT2D eigenvalue weighted by molar-refractivity contribution is 0.0883. The van der Waals surface area contributed by atoms with Crippen molar-refractivity contribution in [1.29, 1.82) is 0 Å². The number of aromatic nitrogens is 2. The molecule has 0 saturated heterocycles. The van der Waals surface area contributed by atoms with Crippen molar-refractivity contribution in [3.05, 3.63) is 6.33 Å². The molecule has 6 nitrogen and oxygen atoms in total. The molecule has 1 aromatic rings. The van der Waals surface area contributed by atoms with Crippen LogP contribution in [0.1, 0.15) is 20.8 Å². The van der Waals surface area contributed by atoms with Gasteiger partial charge >= 0.3 is 0 Å². The van der Waals surface area contributed by atoms with Crippen molar-refractivity contribution in [3.8, 4) is 5.75 Å². The monoisotopic (exact) mass is 254 g/mol. The van der Waals surface area contributed by atoms with Gasteiger partial charge in [-0.15, -0.1) is 0 Å². The molecule has 0 aromatic carbocycles. The minimum Gasteiger partial charge on any atom is -0.490 e. The van der Waals surface area contributed by atoms with Gasteiger partial charge in [-0.2, -0.15) is 0 Å². The quantitative estimate of drug-likeness (QED) is 0.793. The van der Waals surface area contributed by atoms with E-state index < -0.39 is 5.60 Å². The van der Waals surface area contributed by atoms with Crippen LogP contribution >= 0.6 is 0 Å². The van der Waals surface area contributed by atoms with Crippen LogP contribution in [0.15, 0.2) is 6.33 Å². The summed E-state index contributed by atoms with van der Waals surface area (Å²) >= 11 is 0. The number of rotatable bonds is 6. The third kappa shape index (κ3) is 3.73. The topological polar surface area (TPSA) is 70.5 Å². The Labute approximate surface area is 108 Å². The van der Waals surface area contributed by atoms with Crippen molar-refractivity contribution in [2.45, 2.75) is 26.4 Å². The number of aliphatic hydroxyl groups is 1. The van der Waals surface area contributed by atoms with Crippen LogP contribution in [0, 0.1) is 0 Å². The summed E-state index contributed by atoms with van der Waals surface area (Å²) in [4.78, 5) is 10.2. The second-order valence-electron chi connectivity index (χ2n) is 4.78. The van der Waals surface area contributed by atoms with E-state index in [0.29, 0.717) is 23.9 Å². The summed E-state index contributed by atoms with van der Waals surface area (Å²) in [5, 5.41) is 13.0. The SMILES string of the molecule is CCNc1ncnc(N(C)CC(C)(C)O)c1OC. The van der Waals surface area contributed by atoms with Gasteiger partial charge in [0, 0.05) is 20.1 Å². The number of hydrogen-bond donors (Lipinski definition) is 2. The third-order valence-electron chi connectivity index (χ3n) is 2.32. The molecule has 0 spiro atoms. The molecule has 0 aliphatic heterocycles. The van der Waals surface area contributed by atoms with Crippen LogP contribution in [-0.2, 0) is 0 Å². The highest BCUT2D eigenvalue weighted by Crippen LogP contribution is 2.31. The molecule has 0 amide bonds. The van der Waals surface area contributed by atoms with E-state index >= 15 is 0 Å². The van der Waals surface area contributed by atoms with Gasteiger partial charge in [0.05, 0.1) is 12.7 Å². The van der Waals surface area contributed by atoms with Crippen molar-refractivity contribution in [2.24, 2.45) is 0 Å². The van der Waals surface area contributed by atoms with Crippen LogP contribution in [-0.4, -0.2) is 47.9 Å². The fraction of sp³-hybridized carbons (Fsp3) is 0.667. The van der Waals surface area contributed by atoms with E-state index in [2.05, 4.69) is 15.3 Å². The minimum absolute atomic E-state index is 0.450. The predicted octanol–water partition coefficient (Wildman–Crippen LogP) is 1.12. The number of nitrogens with one attached hydrogen (secondary N) is 1. The first-order chi connectivity index (χ1) is 8.39. The van der Waals surface area contributed by atoms with E-state index in [1.807, 2.05) is 18.9 Å². The molecule has 2 N–H and O–H groups in total. The molecule has 0 fully saturated rings. The Morgan fingerprint density at radius 2 is 2.11 bits per heavy atom. The first kappa shape index (κ1) is 14.5. The number of hydrogen-bond acceptors (Lipinski definition) is 6. The lowest BCUT2D eigenvalue weighted by Crippen LogP contribution is -2.36. The van der Waals surface area contributed by atoms with Crippen molar-refractivity contribution >= 4 is 11.6 Å². The average Bonchev–Trinajstić information content (AvgIpc) is 2.27. The number of ether oxygens (including phenoxy) is 1. The summed E-state index contributed by atoms with van der Waals surface area (Å²) in [5.41, 5.74) is -0.803. The number of nitrogens with zero attached hydrogens (tertiary/aromatic N) is 3. The lowest BCUT2D eigenvalue weighted by Gasteiger charge is -2.27. The fourth-order valence-electron chi connectivity index (χ4n) is 1.77. The zero-order valence-electron chi connectivity index (χ0n) is 11.7. The molecule has 1 heterocycles. The van der Waals surface area contributed by atoms with Crippen molar-refractivity contribution in [2.75, 3.05) is 37.5 Å². The maximum absolute atomic E-state index is 9.84. The van der Waals surface area contributed by atoms with Gasteiger partial charge in [-0.1, -0.05) is 0 Å². The summed E-state index contributed by atoms with van der Waals surface area (Å²) in [6, 6.07) is 0.